The van der Waals surface area contributed by atoms with Gasteiger partial charge in [0.15, 0.2) is 0 Å². The van der Waals surface area contributed by atoms with Crippen LogP contribution in [0, 0.1) is 11.7 Å². The Balaban J connectivity index is 1.54. The van der Waals surface area contributed by atoms with Crippen LogP contribution in [0.25, 0.3) is 0 Å². The first-order chi connectivity index (χ1) is 12.0. The molecular formula is C19H18ClFN2O2. The quantitative estimate of drug-likeness (QED) is 0.890. The number of hydrogen-bond donors (Lipinski definition) is 1. The third-order valence-corrected chi connectivity index (χ3v) is 4.45. The summed E-state index contributed by atoms with van der Waals surface area (Å²) in [6.07, 6.45) is 0.806. The molecule has 6 heteroatoms. The third kappa shape index (κ3) is 4.37. The standard InChI is InChI=1S/C19H18ClFN2O2/c20-15-4-1-3-13(9-15)7-8-22-19(25)14-10-18(24)23(12-14)17-6-2-5-16(21)11-17/h1-6,9,11,14H,7-8,10,12H2,(H,22,25). The van der Waals surface area contributed by atoms with Crippen molar-refractivity contribution in [1.82, 2.24) is 5.32 Å². The maximum Gasteiger partial charge on any atom is 0.227 e. The van der Waals surface area contributed by atoms with Crippen LogP contribution in [0.15, 0.2) is 48.5 Å². The number of anilines is 1. The van der Waals surface area contributed by atoms with Gasteiger partial charge in [-0.1, -0.05) is 29.8 Å². The summed E-state index contributed by atoms with van der Waals surface area (Å²) in [6, 6.07) is 13.3. The first-order valence-corrected chi connectivity index (χ1v) is 8.49. The lowest BCUT2D eigenvalue weighted by atomic mass is 10.1. The molecule has 1 saturated heterocycles. The highest BCUT2D eigenvalue weighted by atomic mass is 35.5. The van der Waals surface area contributed by atoms with Gasteiger partial charge in [0, 0.05) is 30.2 Å². The Kier molecular flexibility index (Phi) is 5.34. The highest BCUT2D eigenvalue weighted by molar-refractivity contribution is 6.30. The van der Waals surface area contributed by atoms with Gasteiger partial charge >= 0.3 is 0 Å². The number of halogens is 2. The zero-order valence-electron chi connectivity index (χ0n) is 13.5. The second-order valence-electron chi connectivity index (χ2n) is 6.06. The van der Waals surface area contributed by atoms with Gasteiger partial charge in [0.2, 0.25) is 11.8 Å². The normalized spacial score (nSPS) is 17.0. The largest absolute Gasteiger partial charge is 0.355 e. The maximum absolute atomic E-state index is 13.3. The zero-order valence-corrected chi connectivity index (χ0v) is 14.3. The van der Waals surface area contributed by atoms with Crippen LogP contribution in [0.2, 0.25) is 5.02 Å². The van der Waals surface area contributed by atoms with Crippen molar-refractivity contribution in [3.63, 3.8) is 0 Å². The van der Waals surface area contributed by atoms with E-state index in [1.807, 2.05) is 18.2 Å². The Morgan fingerprint density at radius 3 is 2.80 bits per heavy atom. The summed E-state index contributed by atoms with van der Waals surface area (Å²) in [5, 5.41) is 3.52. The molecule has 1 aliphatic rings. The van der Waals surface area contributed by atoms with Gasteiger partial charge in [0.05, 0.1) is 5.92 Å². The fraction of sp³-hybridized carbons (Fsp3) is 0.263. The highest BCUT2D eigenvalue weighted by Gasteiger charge is 2.35. The van der Waals surface area contributed by atoms with E-state index in [1.54, 1.807) is 18.2 Å². The molecule has 2 amide bonds. The second-order valence-corrected chi connectivity index (χ2v) is 6.49. The van der Waals surface area contributed by atoms with E-state index in [0.29, 0.717) is 23.7 Å². The highest BCUT2D eigenvalue weighted by Crippen LogP contribution is 2.25. The Hall–Kier alpha value is -2.40. The van der Waals surface area contributed by atoms with Crippen molar-refractivity contribution in [2.24, 2.45) is 5.92 Å². The molecule has 0 aromatic heterocycles. The summed E-state index contributed by atoms with van der Waals surface area (Å²) < 4.78 is 13.3. The predicted octanol–water partition coefficient (Wildman–Crippen LogP) is 3.19. The maximum atomic E-state index is 13.3. The van der Waals surface area contributed by atoms with Gasteiger partial charge in [-0.05, 0) is 42.3 Å². The fourth-order valence-corrected chi connectivity index (χ4v) is 3.16. The number of carbonyl (C=O) groups excluding carboxylic acids is 2. The number of nitrogens with zero attached hydrogens (tertiary/aromatic N) is 1. The Morgan fingerprint density at radius 2 is 2.04 bits per heavy atom. The van der Waals surface area contributed by atoms with Gasteiger partial charge in [-0.3, -0.25) is 9.59 Å². The molecule has 2 aromatic rings. The van der Waals surface area contributed by atoms with E-state index in [-0.39, 0.29) is 24.8 Å². The second kappa shape index (κ2) is 7.66. The van der Waals surface area contributed by atoms with Gasteiger partial charge in [-0.25, -0.2) is 4.39 Å². The molecule has 130 valence electrons. The van der Waals surface area contributed by atoms with E-state index >= 15 is 0 Å². The van der Waals surface area contributed by atoms with Crippen LogP contribution in [0.5, 0.6) is 0 Å². The minimum atomic E-state index is -0.421. The summed E-state index contributed by atoms with van der Waals surface area (Å²) in [5.74, 6) is -1.15. The van der Waals surface area contributed by atoms with Gasteiger partial charge < -0.3 is 10.2 Å². The lowest BCUT2D eigenvalue weighted by Gasteiger charge is -2.16. The third-order valence-electron chi connectivity index (χ3n) is 4.22. The van der Waals surface area contributed by atoms with Crippen molar-refractivity contribution in [3.05, 3.63) is 64.9 Å². The number of benzene rings is 2. The summed E-state index contributed by atoms with van der Waals surface area (Å²) in [5.41, 5.74) is 1.52. The van der Waals surface area contributed by atoms with Crippen molar-refractivity contribution in [2.75, 3.05) is 18.0 Å². The van der Waals surface area contributed by atoms with Gasteiger partial charge in [0.25, 0.3) is 0 Å². The van der Waals surface area contributed by atoms with E-state index < -0.39 is 11.7 Å². The molecule has 1 atom stereocenters. The molecule has 0 radical (unpaired) electrons. The van der Waals surface area contributed by atoms with Crippen LogP contribution >= 0.6 is 11.6 Å². The summed E-state index contributed by atoms with van der Waals surface area (Å²) >= 11 is 5.93. The van der Waals surface area contributed by atoms with E-state index in [1.165, 1.54) is 17.0 Å². The average Bonchev–Trinajstić information content (AvgIpc) is 2.97. The van der Waals surface area contributed by atoms with Crippen LogP contribution in [0.3, 0.4) is 0 Å². The average molecular weight is 361 g/mol. The molecule has 0 aliphatic carbocycles. The Labute approximate surface area is 150 Å². The molecule has 4 nitrogen and oxygen atoms in total. The SMILES string of the molecule is O=C(NCCc1cccc(Cl)c1)C1CC(=O)N(c2cccc(F)c2)C1. The zero-order chi connectivity index (χ0) is 17.8. The molecule has 1 fully saturated rings. The van der Waals surface area contributed by atoms with Crippen LogP contribution in [0.1, 0.15) is 12.0 Å². The Bertz CT molecular complexity index is 796. The van der Waals surface area contributed by atoms with Gasteiger partial charge in [-0.15, -0.1) is 0 Å². The number of amides is 2. The summed E-state index contributed by atoms with van der Waals surface area (Å²) in [7, 11) is 0. The molecule has 1 aliphatic heterocycles. The molecule has 0 spiro atoms. The van der Waals surface area contributed by atoms with E-state index in [2.05, 4.69) is 5.32 Å². The smallest absolute Gasteiger partial charge is 0.227 e. The number of nitrogens with one attached hydrogen (secondary N) is 1. The molecule has 0 bridgehead atoms. The fourth-order valence-electron chi connectivity index (χ4n) is 2.94. The molecule has 25 heavy (non-hydrogen) atoms. The first kappa shape index (κ1) is 17.4. The monoisotopic (exact) mass is 360 g/mol. The summed E-state index contributed by atoms with van der Waals surface area (Å²) in [4.78, 5) is 25.9. The van der Waals surface area contributed by atoms with Crippen molar-refractivity contribution in [1.29, 1.82) is 0 Å². The molecule has 0 saturated carbocycles. The molecule has 3 rings (SSSR count). The first-order valence-electron chi connectivity index (χ1n) is 8.11. The number of hydrogen-bond acceptors (Lipinski definition) is 2. The van der Waals surface area contributed by atoms with Crippen LogP contribution < -0.4 is 10.2 Å². The van der Waals surface area contributed by atoms with Crippen molar-refractivity contribution in [3.8, 4) is 0 Å². The van der Waals surface area contributed by atoms with Crippen LogP contribution in [-0.2, 0) is 16.0 Å². The molecule has 1 N–H and O–H groups in total. The van der Waals surface area contributed by atoms with Crippen molar-refractivity contribution >= 4 is 29.1 Å². The molecule has 2 aromatic carbocycles. The minimum absolute atomic E-state index is 0.138. The van der Waals surface area contributed by atoms with E-state index in [9.17, 15) is 14.0 Å². The van der Waals surface area contributed by atoms with E-state index in [4.69, 9.17) is 11.6 Å². The summed E-state index contributed by atoms with van der Waals surface area (Å²) in [6.45, 7) is 0.745. The minimum Gasteiger partial charge on any atom is -0.355 e. The lowest BCUT2D eigenvalue weighted by Crippen LogP contribution is -2.34. The van der Waals surface area contributed by atoms with Crippen LogP contribution in [-0.4, -0.2) is 24.9 Å². The lowest BCUT2D eigenvalue weighted by molar-refractivity contribution is -0.126. The van der Waals surface area contributed by atoms with Crippen molar-refractivity contribution in [2.45, 2.75) is 12.8 Å². The molecule has 1 unspecified atom stereocenters. The molecule has 1 heterocycles. The topological polar surface area (TPSA) is 49.4 Å². The number of carbonyl (C=O) groups is 2. The van der Waals surface area contributed by atoms with Crippen molar-refractivity contribution < 1.29 is 14.0 Å². The predicted molar refractivity (Wildman–Crippen MR) is 95.0 cm³/mol. The number of rotatable bonds is 5. The van der Waals surface area contributed by atoms with Gasteiger partial charge in [0.1, 0.15) is 5.82 Å². The van der Waals surface area contributed by atoms with E-state index in [0.717, 1.165) is 5.56 Å². The van der Waals surface area contributed by atoms with Crippen LogP contribution in [0.4, 0.5) is 10.1 Å². The van der Waals surface area contributed by atoms with Gasteiger partial charge in [-0.2, -0.15) is 0 Å². The molecular weight excluding hydrogens is 343 g/mol. The Morgan fingerprint density at radius 1 is 1.24 bits per heavy atom.